The highest BCUT2D eigenvalue weighted by molar-refractivity contribution is 6.00. The molecule has 5 aromatic heterocycles. The van der Waals surface area contributed by atoms with E-state index < -0.39 is 181 Å². The highest BCUT2D eigenvalue weighted by atomic mass is 16.5. The van der Waals surface area contributed by atoms with Crippen molar-refractivity contribution >= 4 is 99.7 Å². The molecule has 11 atom stereocenters. The Bertz CT molecular complexity index is 4530. The lowest BCUT2D eigenvalue weighted by Crippen LogP contribution is -2.62. The second-order valence-electron chi connectivity index (χ2n) is 26.8. The second-order valence-corrected chi connectivity index (χ2v) is 26.8. The number of aromatic amines is 3. The maximum absolute atomic E-state index is 14.8. The van der Waals surface area contributed by atoms with Gasteiger partial charge in [-0.3, -0.25) is 67.2 Å². The number of imidazole rings is 2. The third kappa shape index (κ3) is 26.5. The standard InChI is InChI=1S/C71H93N25O18/c1-37-59(101)85-46(61(103)78-32-55(100)84-49(24-39-12-6-5-7-13-39)62(104)87-48(70(113)114-4)15-8-10-22-73-3)14-9-11-23-96-33-44(94-95-96)27-50(83-54(99)21-20-47(69(111)112)86-60(102)40-16-18-41(19-17-40)76-30-45-31-77-58-57(82-45)68(110)93-71(72)92-58)63(105)88-51(25-42-28-74-35-79-42)64(106)90-53(34-97)66(108)89-52(26-43-29-75-36-80-43)65(107)91-56(38(2)98)67(109)81-37/h5-7,12-13,16-19,28-29,31,33,35-38,46-53,56,73,76,97-98H,8-11,14-15,20-27,30,32,34H2,1-4H3,(H,74,79)(H,75,80)(H,78,103)(H,81,109)(H,83,99)(H,84,100)(H,85,101)(H,86,102)(H,87,104)(H,88,105)(H,89,108)(H,90,106)(H,91,107)(H,111,112)(H3,72,77,92,93,110)/t37-,38+,46+,47+,48+,49+,50+,51-,52-,53-,56-/m1/s1. The Morgan fingerprint density at radius 2 is 1.40 bits per heavy atom. The number of carboxylic acid groups (broad SMARTS) is 1. The first-order chi connectivity index (χ1) is 54.7. The van der Waals surface area contributed by atoms with Crippen LogP contribution in [0.1, 0.15) is 104 Å². The van der Waals surface area contributed by atoms with E-state index in [-0.39, 0.29) is 97.8 Å². The molecule has 21 N–H and O–H groups in total. The molecule has 1 aliphatic heterocycles. The third-order valence-corrected chi connectivity index (χ3v) is 18.0. The number of H-pyrrole nitrogens is 3. The van der Waals surface area contributed by atoms with E-state index in [1.165, 1.54) is 80.4 Å². The summed E-state index contributed by atoms with van der Waals surface area (Å²) in [7, 11) is 2.95. The highest BCUT2D eigenvalue weighted by Crippen LogP contribution is 2.16. The fraction of sp³-hybridized carbons (Fsp3) is 0.451. The number of nitrogens with two attached hydrogens (primary N) is 1. The molecule has 114 heavy (non-hydrogen) atoms. The molecular weight excluding hydrogens is 1490 g/mol. The SMILES string of the molecule is CNCCCC[C@H](NC(=O)[C@H](Cc1ccccc1)NC(=O)CNC(=O)[C@@H]1CCCCn2cc(nn2)C[C@H](NC(=O)CC[C@H](NC(=O)c2ccc(NCc3cnc4nc(N)[nH]c(=O)c4n3)cc2)C(=O)O)C(=O)N[C@H](Cc2cnc[nH]2)C(=O)N[C@H](CO)C(=O)N[C@H](Cc2cnc[nH]2)C(=O)N[C@H]([C@H](C)O)C(=O)N[C@H](C)C(=O)N1)C(=O)OC. The number of aryl methyl sites for hydroxylation is 1. The summed E-state index contributed by atoms with van der Waals surface area (Å²) in [5, 5.41) is 74.0. The Balaban J connectivity index is 1.02. The van der Waals surface area contributed by atoms with E-state index in [0.29, 0.717) is 36.3 Å². The van der Waals surface area contributed by atoms with Crippen LogP contribution in [-0.2, 0) is 101 Å². The number of carbonyl (C=O) groups is 13. The van der Waals surface area contributed by atoms with Crippen LogP contribution in [0, 0.1) is 0 Å². The number of benzene rings is 2. The summed E-state index contributed by atoms with van der Waals surface area (Å²) in [4.78, 5) is 222. The van der Waals surface area contributed by atoms with Crippen molar-refractivity contribution < 1.29 is 82.4 Å². The lowest BCUT2D eigenvalue weighted by molar-refractivity contribution is -0.145. The number of anilines is 2. The predicted octanol–water partition coefficient (Wildman–Crippen LogP) is -5.50. The molecule has 2 aromatic carbocycles. The van der Waals surface area contributed by atoms with Crippen LogP contribution in [0.4, 0.5) is 11.6 Å². The number of amides is 11. The highest BCUT2D eigenvalue weighted by Gasteiger charge is 2.37. The Morgan fingerprint density at radius 3 is 2.05 bits per heavy atom. The first-order valence-electron chi connectivity index (χ1n) is 36.4. The van der Waals surface area contributed by atoms with E-state index in [9.17, 15) is 82.4 Å². The Hall–Kier alpha value is -13.2. The van der Waals surface area contributed by atoms with Crippen LogP contribution >= 0.6 is 0 Å². The number of hydrogen-bond donors (Lipinski definition) is 20. The Kier molecular flexibility index (Phi) is 32.5. The van der Waals surface area contributed by atoms with E-state index in [1.54, 1.807) is 37.4 Å². The van der Waals surface area contributed by atoms with Crippen molar-refractivity contribution in [2.75, 3.05) is 44.9 Å². The Labute approximate surface area is 650 Å². The number of unbranched alkanes of at least 4 members (excludes halogenated alkanes) is 1. The Morgan fingerprint density at radius 1 is 0.728 bits per heavy atom. The van der Waals surface area contributed by atoms with Crippen molar-refractivity contribution in [1.29, 1.82) is 0 Å². The number of carboxylic acids is 1. The van der Waals surface area contributed by atoms with Gasteiger partial charge in [-0.15, -0.1) is 5.10 Å². The van der Waals surface area contributed by atoms with E-state index >= 15 is 0 Å². The van der Waals surface area contributed by atoms with Gasteiger partial charge in [-0.1, -0.05) is 35.5 Å². The molecule has 610 valence electrons. The zero-order valence-electron chi connectivity index (χ0n) is 62.7. The lowest BCUT2D eigenvalue weighted by Gasteiger charge is -2.27. The number of esters is 1. The zero-order chi connectivity index (χ0) is 82.4. The third-order valence-electron chi connectivity index (χ3n) is 18.0. The monoisotopic (exact) mass is 1580 g/mol. The summed E-state index contributed by atoms with van der Waals surface area (Å²) in [6, 6.07) is -1.24. The fourth-order valence-electron chi connectivity index (χ4n) is 11.8. The summed E-state index contributed by atoms with van der Waals surface area (Å²) >= 11 is 0. The summed E-state index contributed by atoms with van der Waals surface area (Å²) in [5.41, 5.74) is 7.11. The molecule has 11 amide bonds. The van der Waals surface area contributed by atoms with Crippen LogP contribution in [0.5, 0.6) is 0 Å². The van der Waals surface area contributed by atoms with Gasteiger partial charge in [0.15, 0.2) is 11.2 Å². The summed E-state index contributed by atoms with van der Waals surface area (Å²) < 4.78 is 6.32. The van der Waals surface area contributed by atoms with Crippen LogP contribution in [0.3, 0.4) is 0 Å². The summed E-state index contributed by atoms with van der Waals surface area (Å²) in [6.45, 7) is 1.30. The van der Waals surface area contributed by atoms with E-state index in [0.717, 1.165) is 6.92 Å². The first-order valence-corrected chi connectivity index (χ1v) is 36.4. The fourth-order valence-corrected chi connectivity index (χ4v) is 11.8. The molecule has 43 heteroatoms. The molecule has 0 radical (unpaired) electrons. The van der Waals surface area contributed by atoms with Crippen LogP contribution in [0.2, 0.25) is 0 Å². The van der Waals surface area contributed by atoms with Crippen molar-refractivity contribution in [3.05, 3.63) is 136 Å². The number of aliphatic carboxylic acids is 1. The van der Waals surface area contributed by atoms with Crippen LogP contribution < -0.4 is 80.4 Å². The van der Waals surface area contributed by atoms with Crippen molar-refractivity contribution in [1.82, 2.24) is 119 Å². The van der Waals surface area contributed by atoms with Crippen LogP contribution in [0.15, 0.2) is 96.8 Å². The van der Waals surface area contributed by atoms with Gasteiger partial charge in [0, 0.05) is 79.9 Å². The van der Waals surface area contributed by atoms with Gasteiger partial charge < -0.3 is 105 Å². The second kappa shape index (κ2) is 42.8. The lowest BCUT2D eigenvalue weighted by atomic mass is 10.0. The van der Waals surface area contributed by atoms with Gasteiger partial charge in [-0.25, -0.2) is 29.5 Å². The van der Waals surface area contributed by atoms with Gasteiger partial charge in [0.05, 0.1) is 63.1 Å². The predicted molar refractivity (Wildman–Crippen MR) is 401 cm³/mol. The molecular formula is C71H93N25O18. The van der Waals surface area contributed by atoms with Gasteiger partial charge in [0.25, 0.3) is 11.5 Å². The zero-order valence-corrected chi connectivity index (χ0v) is 62.7. The van der Waals surface area contributed by atoms with Crippen LogP contribution in [-0.4, -0.2) is 247 Å². The maximum atomic E-state index is 14.8. The number of hydrogen-bond acceptors (Lipinski definition) is 27. The quantitative estimate of drug-likeness (QED) is 0.0148. The smallest absolute Gasteiger partial charge is 0.328 e. The topological polar surface area (TPSA) is 634 Å². The largest absolute Gasteiger partial charge is 0.480 e. The molecule has 1 aliphatic rings. The average Bonchev–Trinajstić information content (AvgIpc) is 1.03. The normalized spacial score (nSPS) is 19.4. The maximum Gasteiger partial charge on any atom is 0.328 e. The number of nitrogens with zero attached hydrogens (tertiary/aromatic N) is 8. The van der Waals surface area contributed by atoms with Crippen molar-refractivity contribution in [2.24, 2.45) is 0 Å². The summed E-state index contributed by atoms with van der Waals surface area (Å²) in [5.74, 6) is -13.1. The van der Waals surface area contributed by atoms with Gasteiger partial charge >= 0.3 is 11.9 Å². The number of nitrogen functional groups attached to an aromatic ring is 1. The van der Waals surface area contributed by atoms with Gasteiger partial charge in [0.1, 0.15) is 60.4 Å². The number of aromatic nitrogens is 11. The molecule has 7 aromatic rings. The van der Waals surface area contributed by atoms with Crippen LogP contribution in [0.25, 0.3) is 11.2 Å². The number of rotatable bonds is 30. The number of carbonyl (C=O) groups excluding carboxylic acids is 12. The number of methoxy groups -OCH3 is 1. The molecule has 0 saturated heterocycles. The average molecular weight is 1580 g/mol. The minimum absolute atomic E-state index is 0.0247. The summed E-state index contributed by atoms with van der Waals surface area (Å²) in [6.07, 6.45) is 5.45. The molecule has 6 heterocycles. The number of aliphatic hydroxyl groups excluding tert-OH is 2. The molecule has 8 rings (SSSR count). The van der Waals surface area contributed by atoms with Gasteiger partial charge in [-0.05, 0) is 102 Å². The van der Waals surface area contributed by atoms with Crippen molar-refractivity contribution in [3.8, 4) is 0 Å². The molecule has 0 unspecified atom stereocenters. The van der Waals surface area contributed by atoms with Crippen molar-refractivity contribution in [3.63, 3.8) is 0 Å². The van der Waals surface area contributed by atoms with Gasteiger partial charge in [0.2, 0.25) is 65.0 Å². The number of fused-ring (bicyclic) bond motifs is 3. The molecule has 0 spiro atoms. The van der Waals surface area contributed by atoms with E-state index in [1.807, 2.05) is 0 Å². The first kappa shape index (κ1) is 86.4. The minimum atomic E-state index is -1.88. The molecule has 0 aliphatic carbocycles. The van der Waals surface area contributed by atoms with E-state index in [2.05, 4.69) is 119 Å². The molecule has 0 saturated carbocycles. The number of aliphatic hydroxyl groups is 2. The van der Waals surface area contributed by atoms with E-state index in [4.69, 9.17) is 10.5 Å². The minimum Gasteiger partial charge on any atom is -0.480 e. The molecule has 0 fully saturated rings. The number of ether oxygens (including phenoxy) is 1. The molecule has 2 bridgehead atoms. The number of nitrogens with one attached hydrogen (secondary N) is 16. The molecule has 43 nitrogen and oxygen atoms in total. The van der Waals surface area contributed by atoms with Gasteiger partial charge in [-0.2, -0.15) is 4.98 Å². The van der Waals surface area contributed by atoms with Crippen molar-refractivity contribution in [2.45, 2.75) is 171 Å².